The molecular formula is C12H12ClF3O3. The van der Waals surface area contributed by atoms with Crippen LogP contribution in [0.3, 0.4) is 0 Å². The Bertz CT molecular complexity index is 446. The van der Waals surface area contributed by atoms with Gasteiger partial charge in [-0.15, -0.1) is 0 Å². The molecule has 106 valence electrons. The summed E-state index contributed by atoms with van der Waals surface area (Å²) in [7, 11) is 1.20. The number of hydrogen-bond acceptors (Lipinski definition) is 3. The van der Waals surface area contributed by atoms with Crippen molar-refractivity contribution in [3.63, 3.8) is 0 Å². The lowest BCUT2D eigenvalue weighted by atomic mass is 10.2. The quantitative estimate of drug-likeness (QED) is 0.611. The van der Waals surface area contributed by atoms with Gasteiger partial charge >= 0.3 is 12.1 Å². The topological polar surface area (TPSA) is 35.5 Å². The van der Waals surface area contributed by atoms with Gasteiger partial charge in [-0.3, -0.25) is 0 Å². The van der Waals surface area contributed by atoms with Gasteiger partial charge in [-0.25, -0.2) is 4.79 Å². The number of alkyl halides is 3. The SMILES string of the molecule is COC(=O)c1cc(OCCCC(F)(F)F)ccc1Cl. The number of rotatable bonds is 5. The lowest BCUT2D eigenvalue weighted by Crippen LogP contribution is -2.10. The second kappa shape index (κ2) is 6.65. The largest absolute Gasteiger partial charge is 0.494 e. The third kappa shape index (κ3) is 5.38. The summed E-state index contributed by atoms with van der Waals surface area (Å²) in [4.78, 5) is 11.3. The van der Waals surface area contributed by atoms with E-state index in [1.165, 1.54) is 25.3 Å². The molecular weight excluding hydrogens is 285 g/mol. The molecule has 1 rings (SSSR count). The first kappa shape index (κ1) is 15.6. The van der Waals surface area contributed by atoms with Gasteiger partial charge in [0.2, 0.25) is 0 Å². The number of carbonyl (C=O) groups excluding carboxylic acids is 1. The highest BCUT2D eigenvalue weighted by Crippen LogP contribution is 2.24. The van der Waals surface area contributed by atoms with Gasteiger partial charge in [-0.05, 0) is 24.6 Å². The van der Waals surface area contributed by atoms with Crippen molar-refractivity contribution in [1.29, 1.82) is 0 Å². The molecule has 3 nitrogen and oxygen atoms in total. The average Bonchev–Trinajstić information content (AvgIpc) is 2.34. The lowest BCUT2D eigenvalue weighted by Gasteiger charge is -2.09. The summed E-state index contributed by atoms with van der Waals surface area (Å²) in [5, 5.41) is 0.189. The summed E-state index contributed by atoms with van der Waals surface area (Å²) in [6.07, 6.45) is -5.26. The second-order valence-electron chi connectivity index (χ2n) is 3.70. The van der Waals surface area contributed by atoms with E-state index in [0.29, 0.717) is 0 Å². The van der Waals surface area contributed by atoms with Crippen LogP contribution in [0, 0.1) is 0 Å². The first-order chi connectivity index (χ1) is 8.83. The fraction of sp³-hybridized carbons (Fsp3) is 0.417. The molecule has 0 aliphatic carbocycles. The smallest absolute Gasteiger partial charge is 0.389 e. The Morgan fingerprint density at radius 1 is 1.37 bits per heavy atom. The summed E-state index contributed by atoms with van der Waals surface area (Å²) in [5.41, 5.74) is 0.109. The number of halogens is 4. The van der Waals surface area contributed by atoms with Crippen molar-refractivity contribution < 1.29 is 27.4 Å². The highest BCUT2D eigenvalue weighted by atomic mass is 35.5. The molecule has 0 atom stereocenters. The zero-order chi connectivity index (χ0) is 14.5. The summed E-state index contributed by atoms with van der Waals surface area (Å²) >= 11 is 5.79. The average molecular weight is 297 g/mol. The van der Waals surface area contributed by atoms with E-state index in [1.54, 1.807) is 0 Å². The first-order valence-electron chi connectivity index (χ1n) is 5.41. The third-order valence-electron chi connectivity index (χ3n) is 2.22. The van der Waals surface area contributed by atoms with Crippen LogP contribution >= 0.6 is 11.6 Å². The van der Waals surface area contributed by atoms with Gasteiger partial charge in [0.25, 0.3) is 0 Å². The van der Waals surface area contributed by atoms with Crippen LogP contribution in [0.5, 0.6) is 5.75 Å². The van der Waals surface area contributed by atoms with Crippen molar-refractivity contribution in [3.8, 4) is 5.75 Å². The molecule has 0 aliphatic heterocycles. The molecule has 0 N–H and O–H groups in total. The Balaban J connectivity index is 2.58. The number of methoxy groups -OCH3 is 1. The number of esters is 1. The molecule has 1 aromatic carbocycles. The van der Waals surface area contributed by atoms with Crippen molar-refractivity contribution >= 4 is 17.6 Å². The van der Waals surface area contributed by atoms with Crippen molar-refractivity contribution in [1.82, 2.24) is 0 Å². The molecule has 0 radical (unpaired) electrons. The minimum absolute atomic E-state index is 0.0955. The van der Waals surface area contributed by atoms with Crippen LogP contribution in [-0.4, -0.2) is 25.9 Å². The van der Waals surface area contributed by atoms with E-state index in [-0.39, 0.29) is 29.4 Å². The van der Waals surface area contributed by atoms with Crippen LogP contribution in [0.2, 0.25) is 5.02 Å². The molecule has 0 heterocycles. The fourth-order valence-electron chi connectivity index (χ4n) is 1.32. The molecule has 0 aliphatic rings. The maximum atomic E-state index is 11.9. The van der Waals surface area contributed by atoms with Gasteiger partial charge < -0.3 is 9.47 Å². The van der Waals surface area contributed by atoms with Crippen LogP contribution < -0.4 is 4.74 Å². The number of ether oxygens (including phenoxy) is 2. The van der Waals surface area contributed by atoms with Crippen molar-refractivity contribution in [2.45, 2.75) is 19.0 Å². The zero-order valence-corrected chi connectivity index (χ0v) is 10.8. The Morgan fingerprint density at radius 2 is 2.05 bits per heavy atom. The zero-order valence-electron chi connectivity index (χ0n) is 10.1. The Hall–Kier alpha value is -1.43. The molecule has 0 saturated carbocycles. The van der Waals surface area contributed by atoms with E-state index in [0.717, 1.165) is 0 Å². The molecule has 1 aromatic rings. The van der Waals surface area contributed by atoms with Gasteiger partial charge in [0, 0.05) is 6.42 Å². The number of benzene rings is 1. The monoisotopic (exact) mass is 296 g/mol. The summed E-state index contributed by atoms with van der Waals surface area (Å²) in [5.74, 6) is -0.363. The van der Waals surface area contributed by atoms with Crippen LogP contribution in [0.4, 0.5) is 13.2 Å². The van der Waals surface area contributed by atoms with E-state index >= 15 is 0 Å². The minimum atomic E-state index is -4.19. The maximum Gasteiger partial charge on any atom is 0.389 e. The van der Waals surface area contributed by atoms with Crippen molar-refractivity contribution in [2.75, 3.05) is 13.7 Å². The van der Waals surface area contributed by atoms with Crippen LogP contribution in [0.15, 0.2) is 18.2 Å². The normalized spacial score (nSPS) is 11.2. The summed E-state index contributed by atoms with van der Waals surface area (Å²) in [6.45, 7) is -0.0955. The molecule has 0 amide bonds. The minimum Gasteiger partial charge on any atom is -0.494 e. The molecule has 0 unspecified atom stereocenters. The van der Waals surface area contributed by atoms with Gasteiger partial charge in [0.05, 0.1) is 24.3 Å². The Morgan fingerprint density at radius 3 is 2.63 bits per heavy atom. The molecule has 19 heavy (non-hydrogen) atoms. The Labute approximate surface area is 113 Å². The number of carbonyl (C=O) groups is 1. The van der Waals surface area contributed by atoms with Gasteiger partial charge in [-0.1, -0.05) is 11.6 Å². The molecule has 0 aromatic heterocycles. The summed E-state index contributed by atoms with van der Waals surface area (Å²) in [6, 6.07) is 4.23. The van der Waals surface area contributed by atoms with Crippen LogP contribution in [-0.2, 0) is 4.74 Å². The van der Waals surface area contributed by atoms with Gasteiger partial charge in [0.15, 0.2) is 0 Å². The van der Waals surface area contributed by atoms with Gasteiger partial charge in [-0.2, -0.15) is 13.2 Å². The molecule has 0 saturated heterocycles. The fourth-order valence-corrected chi connectivity index (χ4v) is 1.52. The van der Waals surface area contributed by atoms with E-state index in [4.69, 9.17) is 16.3 Å². The van der Waals surface area contributed by atoms with Gasteiger partial charge in [0.1, 0.15) is 5.75 Å². The molecule has 0 spiro atoms. The van der Waals surface area contributed by atoms with E-state index in [1.807, 2.05) is 0 Å². The van der Waals surface area contributed by atoms with Crippen LogP contribution in [0.25, 0.3) is 0 Å². The summed E-state index contributed by atoms with van der Waals surface area (Å²) < 4.78 is 45.4. The van der Waals surface area contributed by atoms with E-state index in [2.05, 4.69) is 4.74 Å². The van der Waals surface area contributed by atoms with Crippen molar-refractivity contribution in [2.24, 2.45) is 0 Å². The highest BCUT2D eigenvalue weighted by Gasteiger charge is 2.26. The molecule has 0 bridgehead atoms. The Kier molecular flexibility index (Phi) is 5.47. The van der Waals surface area contributed by atoms with Crippen molar-refractivity contribution in [3.05, 3.63) is 28.8 Å². The lowest BCUT2D eigenvalue weighted by molar-refractivity contribution is -0.136. The third-order valence-corrected chi connectivity index (χ3v) is 2.55. The predicted molar refractivity (Wildman–Crippen MR) is 63.6 cm³/mol. The second-order valence-corrected chi connectivity index (χ2v) is 4.11. The standard InChI is InChI=1S/C12H12ClF3O3/c1-18-11(17)9-7-8(3-4-10(9)13)19-6-2-5-12(14,15)16/h3-4,7H,2,5-6H2,1H3. The van der Waals surface area contributed by atoms with E-state index in [9.17, 15) is 18.0 Å². The molecule has 7 heteroatoms. The maximum absolute atomic E-state index is 11.9. The predicted octanol–water partition coefficient (Wildman–Crippen LogP) is 3.85. The number of hydrogen-bond donors (Lipinski definition) is 0. The van der Waals surface area contributed by atoms with E-state index < -0.39 is 18.6 Å². The highest BCUT2D eigenvalue weighted by molar-refractivity contribution is 6.33. The first-order valence-corrected chi connectivity index (χ1v) is 5.78. The van der Waals surface area contributed by atoms with Crippen LogP contribution in [0.1, 0.15) is 23.2 Å². The molecule has 0 fully saturated rings.